The molecule has 0 amide bonds. The van der Waals surface area contributed by atoms with Gasteiger partial charge in [-0.05, 0) is 48.7 Å². The van der Waals surface area contributed by atoms with Gasteiger partial charge in [0.15, 0.2) is 11.8 Å². The molecule has 1 heterocycles. The van der Waals surface area contributed by atoms with Gasteiger partial charge in [-0.2, -0.15) is 0 Å². The van der Waals surface area contributed by atoms with Gasteiger partial charge < -0.3 is 24.4 Å². The first-order valence-electron chi connectivity index (χ1n) is 11.1. The SMILES string of the molecule is COc1ccc(CCNC(=NCc2nnc(C)n2C)N(C)Cc2cccc(N(C)C)c2)cc1. The molecule has 1 N–H and O–H groups in total. The molecule has 33 heavy (non-hydrogen) atoms. The average molecular weight is 450 g/mol. The van der Waals surface area contributed by atoms with Crippen LogP contribution in [0.25, 0.3) is 0 Å². The number of aromatic nitrogens is 3. The Kier molecular flexibility index (Phi) is 8.29. The van der Waals surface area contributed by atoms with Gasteiger partial charge in [0.1, 0.15) is 18.1 Å². The molecule has 0 spiro atoms. The highest BCUT2D eigenvalue weighted by atomic mass is 16.5. The lowest BCUT2D eigenvalue weighted by molar-refractivity contribution is 0.414. The van der Waals surface area contributed by atoms with Crippen LogP contribution in [-0.4, -0.2) is 60.4 Å². The van der Waals surface area contributed by atoms with Crippen LogP contribution in [0.2, 0.25) is 0 Å². The van der Waals surface area contributed by atoms with Crippen LogP contribution in [0, 0.1) is 6.92 Å². The first kappa shape index (κ1) is 24.1. The lowest BCUT2D eigenvalue weighted by Gasteiger charge is -2.23. The zero-order valence-electron chi connectivity index (χ0n) is 20.5. The summed E-state index contributed by atoms with van der Waals surface area (Å²) in [7, 11) is 9.82. The second kappa shape index (κ2) is 11.4. The second-order valence-corrected chi connectivity index (χ2v) is 8.31. The second-order valence-electron chi connectivity index (χ2n) is 8.31. The quantitative estimate of drug-likeness (QED) is 0.400. The highest BCUT2D eigenvalue weighted by Gasteiger charge is 2.10. The van der Waals surface area contributed by atoms with E-state index in [1.165, 1.54) is 16.8 Å². The van der Waals surface area contributed by atoms with Crippen LogP contribution >= 0.6 is 0 Å². The van der Waals surface area contributed by atoms with E-state index in [1.807, 2.05) is 30.7 Å². The van der Waals surface area contributed by atoms with Crippen LogP contribution in [0.15, 0.2) is 53.5 Å². The van der Waals surface area contributed by atoms with E-state index in [1.54, 1.807) is 7.11 Å². The van der Waals surface area contributed by atoms with E-state index < -0.39 is 0 Å². The molecule has 1 aromatic heterocycles. The molecule has 0 aliphatic carbocycles. The summed E-state index contributed by atoms with van der Waals surface area (Å²) in [6.45, 7) is 3.92. The summed E-state index contributed by atoms with van der Waals surface area (Å²) in [5.74, 6) is 3.42. The van der Waals surface area contributed by atoms with Crippen molar-refractivity contribution in [3.05, 3.63) is 71.3 Å². The summed E-state index contributed by atoms with van der Waals surface area (Å²) < 4.78 is 7.22. The minimum Gasteiger partial charge on any atom is -0.497 e. The van der Waals surface area contributed by atoms with Gasteiger partial charge in [0.05, 0.1) is 7.11 Å². The lowest BCUT2D eigenvalue weighted by Crippen LogP contribution is -2.39. The van der Waals surface area contributed by atoms with E-state index in [4.69, 9.17) is 9.73 Å². The van der Waals surface area contributed by atoms with Crippen molar-refractivity contribution < 1.29 is 4.74 Å². The van der Waals surface area contributed by atoms with Crippen LogP contribution in [0.5, 0.6) is 5.75 Å². The van der Waals surface area contributed by atoms with Gasteiger partial charge in [-0.15, -0.1) is 10.2 Å². The van der Waals surface area contributed by atoms with Crippen molar-refractivity contribution in [3.8, 4) is 5.75 Å². The largest absolute Gasteiger partial charge is 0.497 e. The molecule has 0 fully saturated rings. The third kappa shape index (κ3) is 6.71. The Hall–Kier alpha value is -3.55. The van der Waals surface area contributed by atoms with Crippen molar-refractivity contribution in [2.45, 2.75) is 26.4 Å². The minimum absolute atomic E-state index is 0.463. The van der Waals surface area contributed by atoms with Gasteiger partial charge >= 0.3 is 0 Å². The number of nitrogens with one attached hydrogen (secondary N) is 1. The number of nitrogens with zero attached hydrogens (tertiary/aromatic N) is 6. The fraction of sp³-hybridized carbons (Fsp3) is 0.400. The van der Waals surface area contributed by atoms with Crippen molar-refractivity contribution in [2.24, 2.45) is 12.0 Å². The minimum atomic E-state index is 0.463. The Morgan fingerprint density at radius 3 is 2.45 bits per heavy atom. The number of guanidine groups is 1. The molecule has 0 radical (unpaired) electrons. The Labute approximate surface area is 196 Å². The average Bonchev–Trinajstić information content (AvgIpc) is 3.14. The van der Waals surface area contributed by atoms with E-state index in [9.17, 15) is 0 Å². The molecule has 0 aliphatic heterocycles. The highest BCUT2D eigenvalue weighted by molar-refractivity contribution is 5.79. The van der Waals surface area contributed by atoms with Gasteiger partial charge in [-0.3, -0.25) is 0 Å². The van der Waals surface area contributed by atoms with E-state index in [0.717, 1.165) is 42.9 Å². The molecule has 0 saturated heterocycles. The predicted octanol–water partition coefficient (Wildman–Crippen LogP) is 3.02. The normalized spacial score (nSPS) is 11.4. The molecule has 3 aromatic rings. The first-order chi connectivity index (χ1) is 15.9. The van der Waals surface area contributed by atoms with Gasteiger partial charge in [0.2, 0.25) is 0 Å². The Morgan fingerprint density at radius 1 is 1.06 bits per heavy atom. The molecule has 8 heteroatoms. The van der Waals surface area contributed by atoms with Crippen LogP contribution in [-0.2, 0) is 26.6 Å². The Balaban J connectivity index is 1.71. The van der Waals surface area contributed by atoms with Crippen molar-refractivity contribution in [3.63, 3.8) is 0 Å². The van der Waals surface area contributed by atoms with Crippen molar-refractivity contribution in [2.75, 3.05) is 39.7 Å². The zero-order chi connectivity index (χ0) is 23.8. The van der Waals surface area contributed by atoms with Gasteiger partial charge in [0.25, 0.3) is 0 Å². The molecule has 2 aromatic carbocycles. The van der Waals surface area contributed by atoms with Crippen molar-refractivity contribution in [1.82, 2.24) is 25.0 Å². The summed E-state index contributed by atoms with van der Waals surface area (Å²) in [5, 5.41) is 11.9. The molecule has 0 unspecified atom stereocenters. The Morgan fingerprint density at radius 2 is 1.82 bits per heavy atom. The summed E-state index contributed by atoms with van der Waals surface area (Å²) >= 11 is 0. The maximum atomic E-state index is 5.25. The fourth-order valence-corrected chi connectivity index (χ4v) is 3.44. The van der Waals surface area contributed by atoms with E-state index >= 15 is 0 Å². The molecule has 0 saturated carbocycles. The molecular formula is C25H35N7O. The number of aliphatic imine (C=N–C) groups is 1. The number of benzene rings is 2. The number of methoxy groups -OCH3 is 1. The van der Waals surface area contributed by atoms with Gasteiger partial charge in [0, 0.05) is 47.0 Å². The number of anilines is 1. The lowest BCUT2D eigenvalue weighted by atomic mass is 10.1. The molecule has 0 atom stereocenters. The fourth-order valence-electron chi connectivity index (χ4n) is 3.44. The molecule has 176 valence electrons. The molecule has 3 rings (SSSR count). The number of rotatable bonds is 9. The van der Waals surface area contributed by atoms with Gasteiger partial charge in [-0.1, -0.05) is 24.3 Å². The summed E-state index contributed by atoms with van der Waals surface area (Å²) in [6.07, 6.45) is 0.885. The topological polar surface area (TPSA) is 70.8 Å². The third-order valence-corrected chi connectivity index (χ3v) is 5.62. The van der Waals surface area contributed by atoms with E-state index in [-0.39, 0.29) is 0 Å². The van der Waals surface area contributed by atoms with Crippen molar-refractivity contribution >= 4 is 11.6 Å². The Bertz CT molecular complexity index is 1060. The number of ether oxygens (including phenoxy) is 1. The zero-order valence-corrected chi connectivity index (χ0v) is 20.5. The van der Waals surface area contributed by atoms with Crippen LogP contribution in [0.3, 0.4) is 0 Å². The maximum absolute atomic E-state index is 5.25. The standard InChI is InChI=1S/C25H35N7O/c1-19-28-29-24(32(19)5)17-27-25(26-15-14-20-10-12-23(33-6)13-11-20)31(4)18-21-8-7-9-22(16-21)30(2)3/h7-13,16H,14-15,17-18H2,1-6H3,(H,26,27). The number of hydrogen-bond acceptors (Lipinski definition) is 5. The predicted molar refractivity (Wildman–Crippen MR) is 134 cm³/mol. The van der Waals surface area contributed by atoms with Gasteiger partial charge in [-0.25, -0.2) is 4.99 Å². The molecular weight excluding hydrogens is 414 g/mol. The first-order valence-corrected chi connectivity index (χ1v) is 11.1. The van der Waals surface area contributed by atoms with Crippen molar-refractivity contribution in [1.29, 1.82) is 0 Å². The van der Waals surface area contributed by atoms with E-state index in [2.05, 4.69) is 82.9 Å². The van der Waals surface area contributed by atoms with Crippen LogP contribution in [0.4, 0.5) is 5.69 Å². The maximum Gasteiger partial charge on any atom is 0.194 e. The molecule has 0 aliphatic rings. The van der Waals surface area contributed by atoms with Crippen LogP contribution < -0.4 is 15.0 Å². The monoisotopic (exact) mass is 449 g/mol. The smallest absolute Gasteiger partial charge is 0.194 e. The third-order valence-electron chi connectivity index (χ3n) is 5.62. The molecule has 0 bridgehead atoms. The van der Waals surface area contributed by atoms with E-state index in [0.29, 0.717) is 6.54 Å². The highest BCUT2D eigenvalue weighted by Crippen LogP contribution is 2.15. The summed E-state index contributed by atoms with van der Waals surface area (Å²) in [4.78, 5) is 9.12. The number of aryl methyl sites for hydroxylation is 1. The summed E-state index contributed by atoms with van der Waals surface area (Å²) in [5.41, 5.74) is 3.65. The summed E-state index contributed by atoms with van der Waals surface area (Å²) in [6, 6.07) is 16.7. The van der Waals surface area contributed by atoms with Crippen LogP contribution in [0.1, 0.15) is 22.8 Å². The number of hydrogen-bond donors (Lipinski definition) is 1. The molecule has 8 nitrogen and oxygen atoms in total.